The number of hydrogen-bond acceptors (Lipinski definition) is 0. The zero-order valence-electron chi connectivity index (χ0n) is 2.04. The minimum atomic E-state index is 0. The van der Waals surface area contributed by atoms with Crippen molar-refractivity contribution >= 4 is 11.6 Å². The molecule has 0 nitrogen and oxygen atoms in total. The van der Waals surface area contributed by atoms with Gasteiger partial charge in [-0.05, 0) is 5.54 Å². The van der Waals surface area contributed by atoms with Crippen LogP contribution in [0.1, 0.15) is 0 Å². The van der Waals surface area contributed by atoms with E-state index < -0.39 is 0 Å². The van der Waals surface area contributed by atoms with Crippen LogP contribution in [0.25, 0.3) is 0 Å². The van der Waals surface area contributed by atoms with Crippen molar-refractivity contribution in [2.45, 2.75) is 0 Å². The van der Waals surface area contributed by atoms with Gasteiger partial charge in [-0.2, -0.15) is 0 Å². The molecule has 0 aromatic heterocycles. The number of hydrogen-bond donors (Lipinski definition) is 0. The van der Waals surface area contributed by atoms with Gasteiger partial charge in [-0.25, -0.2) is 0 Å². The van der Waals surface area contributed by atoms with Gasteiger partial charge in [-0.3, -0.25) is 0 Å². The molecule has 0 spiro atoms. The van der Waals surface area contributed by atoms with Crippen LogP contribution in [0, 0.1) is 0 Å². The highest BCUT2D eigenvalue weighted by Crippen LogP contribution is 1.60. The first kappa shape index (κ1) is 9.03. The molecule has 0 rings (SSSR count). The van der Waals surface area contributed by atoms with E-state index in [2.05, 4.69) is 6.58 Å². The zero-order valence-corrected chi connectivity index (χ0v) is 2.80. The van der Waals surface area contributed by atoms with E-state index in [4.69, 9.17) is 11.6 Å². The normalized spacial score (nSPS) is 3.25. The highest BCUT2D eigenvalue weighted by Gasteiger charge is 1.18. The Balaban J connectivity index is 0. The molecular formula is C2H3ClF-. The Morgan fingerprint density at radius 2 is 1.75 bits per heavy atom. The minimum Gasteiger partial charge on any atom is -1.00 e. The molecule has 0 aliphatic rings. The second-order valence-corrected chi connectivity index (χ2v) is 0.463. The van der Waals surface area contributed by atoms with Gasteiger partial charge in [0.15, 0.2) is 0 Å². The Hall–Kier alpha value is -0.0400. The third kappa shape index (κ3) is 1130. The van der Waals surface area contributed by atoms with Crippen molar-refractivity contribution in [1.29, 1.82) is 0 Å². The van der Waals surface area contributed by atoms with Crippen molar-refractivity contribution in [2.75, 3.05) is 0 Å². The van der Waals surface area contributed by atoms with E-state index in [1.807, 2.05) is 0 Å². The standard InChI is InChI=1S/C2H3Cl.FH/c1-2-3;/h2H,1H2;1H/p-1. The fourth-order valence-electron chi connectivity index (χ4n) is 0. The van der Waals surface area contributed by atoms with Crippen LogP contribution in [-0.4, -0.2) is 0 Å². The van der Waals surface area contributed by atoms with E-state index in [9.17, 15) is 0 Å². The monoisotopic (exact) mass is 81.0 g/mol. The Kier molecular flexibility index (Phi) is 27.9. The molecule has 0 atom stereocenters. The fraction of sp³-hybridized carbons (Fsp3) is 0. The van der Waals surface area contributed by atoms with Crippen LogP contribution < -0.4 is 4.70 Å². The first-order valence-corrected chi connectivity index (χ1v) is 1.06. The molecule has 0 unspecified atom stereocenters. The lowest BCUT2D eigenvalue weighted by molar-refractivity contribution is -0.000000579. The molecule has 0 bridgehead atoms. The van der Waals surface area contributed by atoms with E-state index in [0.717, 1.165) is 0 Å². The van der Waals surface area contributed by atoms with E-state index in [-0.39, 0.29) is 4.70 Å². The van der Waals surface area contributed by atoms with Gasteiger partial charge < -0.3 is 4.70 Å². The Labute approximate surface area is 29.4 Å². The van der Waals surface area contributed by atoms with Gasteiger partial charge in [0.2, 0.25) is 0 Å². The highest BCUT2D eigenvalue weighted by molar-refractivity contribution is 6.25. The van der Waals surface area contributed by atoms with Crippen molar-refractivity contribution < 1.29 is 4.70 Å². The van der Waals surface area contributed by atoms with Crippen LogP contribution in [0.5, 0.6) is 0 Å². The highest BCUT2D eigenvalue weighted by atomic mass is 35.5. The molecule has 0 radical (unpaired) electrons. The topological polar surface area (TPSA) is 0 Å². The molecule has 0 fully saturated rings. The molecule has 0 aromatic carbocycles. The lowest BCUT2D eigenvalue weighted by Crippen LogP contribution is -3.00. The van der Waals surface area contributed by atoms with E-state index in [0.29, 0.717) is 0 Å². The van der Waals surface area contributed by atoms with Crippen molar-refractivity contribution in [1.82, 2.24) is 0 Å². The summed E-state index contributed by atoms with van der Waals surface area (Å²) in [6.45, 7) is 3.13. The fourth-order valence-corrected chi connectivity index (χ4v) is 0. The molecule has 0 aliphatic heterocycles. The molecule has 26 valence electrons. The summed E-state index contributed by atoms with van der Waals surface area (Å²) in [5.74, 6) is 0. The van der Waals surface area contributed by atoms with Gasteiger partial charge in [0.1, 0.15) is 0 Å². The van der Waals surface area contributed by atoms with Crippen LogP contribution >= 0.6 is 11.6 Å². The first-order valence-electron chi connectivity index (χ1n) is 0.626. The summed E-state index contributed by atoms with van der Waals surface area (Å²) in [6.07, 6.45) is 0. The van der Waals surface area contributed by atoms with E-state index >= 15 is 0 Å². The molecule has 2 heteroatoms. The smallest absolute Gasteiger partial charge is 0.00296 e. The average Bonchev–Trinajstić information content (AvgIpc) is 0.918. The molecule has 0 heterocycles. The Morgan fingerprint density at radius 3 is 1.75 bits per heavy atom. The zero-order chi connectivity index (χ0) is 2.71. The van der Waals surface area contributed by atoms with E-state index in [1.54, 1.807) is 0 Å². The number of rotatable bonds is 0. The second kappa shape index (κ2) is 12.3. The Bertz CT molecular complexity index is 13.5. The Morgan fingerprint density at radius 1 is 1.75 bits per heavy atom. The first-order chi connectivity index (χ1) is 1.41. The van der Waals surface area contributed by atoms with Gasteiger partial charge in [0.05, 0.1) is 0 Å². The van der Waals surface area contributed by atoms with Crippen molar-refractivity contribution in [3.05, 3.63) is 12.1 Å². The SMILES string of the molecule is C=CCl.[F-]. The van der Waals surface area contributed by atoms with Gasteiger partial charge in [0, 0.05) is 0 Å². The van der Waals surface area contributed by atoms with Crippen LogP contribution in [0.15, 0.2) is 12.1 Å². The predicted octanol–water partition coefficient (Wildman–Crippen LogP) is -1.63. The summed E-state index contributed by atoms with van der Waals surface area (Å²) >= 11 is 4.76. The van der Waals surface area contributed by atoms with Gasteiger partial charge in [0.25, 0.3) is 0 Å². The quantitative estimate of drug-likeness (QED) is 0.329. The molecule has 0 aliphatic carbocycles. The molecular weight excluding hydrogens is 78.5 g/mol. The third-order valence-electron chi connectivity index (χ3n) is 0. The summed E-state index contributed by atoms with van der Waals surface area (Å²) in [5.41, 5.74) is 1.22. The van der Waals surface area contributed by atoms with Gasteiger partial charge in [-0.15, -0.1) is 0 Å². The largest absolute Gasteiger partial charge is 1.00 e. The second-order valence-electron chi connectivity index (χ2n) is 0.154. The lowest BCUT2D eigenvalue weighted by atomic mass is 11.3. The summed E-state index contributed by atoms with van der Waals surface area (Å²) in [4.78, 5) is 0. The minimum absolute atomic E-state index is 0. The maximum atomic E-state index is 4.76. The maximum Gasteiger partial charge on any atom is -0.00296 e. The van der Waals surface area contributed by atoms with Crippen molar-refractivity contribution in [3.8, 4) is 0 Å². The van der Waals surface area contributed by atoms with Crippen LogP contribution in [0.3, 0.4) is 0 Å². The molecule has 0 N–H and O–H groups in total. The predicted molar refractivity (Wildman–Crippen MR) is 16.1 cm³/mol. The average molecular weight is 81.5 g/mol. The van der Waals surface area contributed by atoms with Crippen LogP contribution in [0.4, 0.5) is 0 Å². The lowest BCUT2D eigenvalue weighted by Gasteiger charge is -1.27. The summed E-state index contributed by atoms with van der Waals surface area (Å²) in [5, 5.41) is 0. The molecule has 0 saturated carbocycles. The summed E-state index contributed by atoms with van der Waals surface area (Å²) < 4.78 is 0. The summed E-state index contributed by atoms with van der Waals surface area (Å²) in [6, 6.07) is 0. The third-order valence-corrected chi connectivity index (χ3v) is 0. The van der Waals surface area contributed by atoms with Crippen LogP contribution in [0.2, 0.25) is 0 Å². The molecule has 0 saturated heterocycles. The molecule has 0 amide bonds. The van der Waals surface area contributed by atoms with Crippen LogP contribution in [-0.2, 0) is 0 Å². The van der Waals surface area contributed by atoms with Gasteiger partial charge in [-0.1, -0.05) is 18.2 Å². The number of halogens is 2. The summed E-state index contributed by atoms with van der Waals surface area (Å²) in [7, 11) is 0. The molecule has 0 aromatic rings. The molecule has 4 heavy (non-hydrogen) atoms. The van der Waals surface area contributed by atoms with E-state index in [1.165, 1.54) is 5.54 Å². The van der Waals surface area contributed by atoms with Gasteiger partial charge >= 0.3 is 0 Å². The maximum absolute atomic E-state index is 4.76. The van der Waals surface area contributed by atoms with Crippen molar-refractivity contribution in [2.24, 2.45) is 0 Å². The van der Waals surface area contributed by atoms with Crippen molar-refractivity contribution in [3.63, 3.8) is 0 Å².